The van der Waals surface area contributed by atoms with E-state index in [2.05, 4.69) is 41.3 Å². The van der Waals surface area contributed by atoms with Crippen LogP contribution in [0.3, 0.4) is 0 Å². The molecule has 0 fully saturated rings. The first-order valence-corrected chi connectivity index (χ1v) is 5.76. The lowest BCUT2D eigenvalue weighted by molar-refractivity contribution is 0.400. The highest BCUT2D eigenvalue weighted by molar-refractivity contribution is 5.54. The second kappa shape index (κ2) is 5.59. The average molecular weight is 231 g/mol. The zero-order chi connectivity index (χ0) is 12.1. The minimum Gasteiger partial charge on any atom is -0.342 e. The SMILES string of the molecule is CN(C)CCCc1ccc(-c2ncon2)cc1. The van der Waals surface area contributed by atoms with Crippen LogP contribution in [0.25, 0.3) is 11.4 Å². The molecule has 0 bridgehead atoms. The molecule has 0 saturated heterocycles. The van der Waals surface area contributed by atoms with Gasteiger partial charge in [0, 0.05) is 5.56 Å². The van der Waals surface area contributed by atoms with E-state index >= 15 is 0 Å². The number of aromatic nitrogens is 2. The van der Waals surface area contributed by atoms with Crippen molar-refractivity contribution >= 4 is 0 Å². The van der Waals surface area contributed by atoms with Gasteiger partial charge < -0.3 is 9.42 Å². The van der Waals surface area contributed by atoms with Gasteiger partial charge in [-0.3, -0.25) is 0 Å². The largest absolute Gasteiger partial charge is 0.342 e. The van der Waals surface area contributed by atoms with Crippen molar-refractivity contribution in [1.82, 2.24) is 15.0 Å². The van der Waals surface area contributed by atoms with Crippen LogP contribution in [-0.4, -0.2) is 35.7 Å². The first-order chi connectivity index (χ1) is 8.25. The van der Waals surface area contributed by atoms with E-state index in [-0.39, 0.29) is 0 Å². The molecule has 0 aliphatic carbocycles. The number of nitrogens with zero attached hydrogens (tertiary/aromatic N) is 3. The van der Waals surface area contributed by atoms with Crippen LogP contribution in [0.4, 0.5) is 0 Å². The first kappa shape index (κ1) is 11.8. The Morgan fingerprint density at radius 1 is 1.18 bits per heavy atom. The van der Waals surface area contributed by atoms with Crippen molar-refractivity contribution in [3.63, 3.8) is 0 Å². The van der Waals surface area contributed by atoms with E-state index < -0.39 is 0 Å². The Bertz CT molecular complexity index is 434. The van der Waals surface area contributed by atoms with Crippen LogP contribution in [0, 0.1) is 0 Å². The smallest absolute Gasteiger partial charge is 0.214 e. The summed E-state index contributed by atoms with van der Waals surface area (Å²) in [6.07, 6.45) is 3.62. The van der Waals surface area contributed by atoms with E-state index in [0.717, 1.165) is 18.5 Å². The molecule has 0 saturated carbocycles. The van der Waals surface area contributed by atoms with Crippen molar-refractivity contribution in [3.8, 4) is 11.4 Å². The fourth-order valence-corrected chi connectivity index (χ4v) is 1.72. The summed E-state index contributed by atoms with van der Waals surface area (Å²) < 4.78 is 4.72. The molecule has 17 heavy (non-hydrogen) atoms. The molecular weight excluding hydrogens is 214 g/mol. The van der Waals surface area contributed by atoms with E-state index in [0.29, 0.717) is 5.82 Å². The van der Waals surface area contributed by atoms with Gasteiger partial charge >= 0.3 is 0 Å². The minimum absolute atomic E-state index is 0.643. The van der Waals surface area contributed by atoms with Crippen LogP contribution in [0.1, 0.15) is 12.0 Å². The van der Waals surface area contributed by atoms with Gasteiger partial charge in [-0.2, -0.15) is 4.98 Å². The Kier molecular flexibility index (Phi) is 3.88. The lowest BCUT2D eigenvalue weighted by Crippen LogP contribution is -2.13. The maximum Gasteiger partial charge on any atom is 0.214 e. The summed E-state index contributed by atoms with van der Waals surface area (Å²) in [4.78, 5) is 6.22. The maximum absolute atomic E-state index is 4.72. The van der Waals surface area contributed by atoms with Gasteiger partial charge in [0.25, 0.3) is 0 Å². The van der Waals surface area contributed by atoms with E-state index in [1.165, 1.54) is 18.4 Å². The van der Waals surface area contributed by atoms with Crippen molar-refractivity contribution in [2.75, 3.05) is 20.6 Å². The Morgan fingerprint density at radius 2 is 1.94 bits per heavy atom. The van der Waals surface area contributed by atoms with Gasteiger partial charge in [0.15, 0.2) is 0 Å². The minimum atomic E-state index is 0.643. The molecule has 1 heterocycles. The summed E-state index contributed by atoms with van der Waals surface area (Å²) in [5.41, 5.74) is 2.34. The van der Waals surface area contributed by atoms with Crippen LogP contribution in [0.2, 0.25) is 0 Å². The molecule has 1 aromatic carbocycles. The first-order valence-electron chi connectivity index (χ1n) is 5.76. The summed E-state index contributed by atoms with van der Waals surface area (Å²) in [7, 11) is 4.19. The average Bonchev–Trinajstić information content (AvgIpc) is 2.83. The normalized spacial score (nSPS) is 11.0. The van der Waals surface area contributed by atoms with Crippen LogP contribution in [-0.2, 0) is 6.42 Å². The molecule has 0 aliphatic heterocycles. The fourth-order valence-electron chi connectivity index (χ4n) is 1.72. The van der Waals surface area contributed by atoms with Gasteiger partial charge in [0.05, 0.1) is 0 Å². The third-order valence-electron chi connectivity index (χ3n) is 2.64. The van der Waals surface area contributed by atoms with E-state index in [9.17, 15) is 0 Å². The van der Waals surface area contributed by atoms with Crippen molar-refractivity contribution in [1.29, 1.82) is 0 Å². The highest BCUT2D eigenvalue weighted by Gasteiger charge is 2.02. The van der Waals surface area contributed by atoms with Gasteiger partial charge in [0.1, 0.15) is 0 Å². The number of hydrogen-bond acceptors (Lipinski definition) is 4. The zero-order valence-electron chi connectivity index (χ0n) is 10.3. The molecular formula is C13H17N3O. The Morgan fingerprint density at radius 3 is 2.53 bits per heavy atom. The predicted molar refractivity (Wildman–Crippen MR) is 66.6 cm³/mol. The van der Waals surface area contributed by atoms with Crippen LogP contribution in [0.15, 0.2) is 35.2 Å². The molecule has 0 spiro atoms. The fraction of sp³-hybridized carbons (Fsp3) is 0.385. The van der Waals surface area contributed by atoms with Gasteiger partial charge in [-0.25, -0.2) is 0 Å². The molecule has 0 atom stereocenters. The van der Waals surface area contributed by atoms with Crippen molar-refractivity contribution < 1.29 is 4.52 Å². The van der Waals surface area contributed by atoms with Crippen LogP contribution in [0.5, 0.6) is 0 Å². The summed E-state index contributed by atoms with van der Waals surface area (Å²) in [5, 5.41) is 3.81. The molecule has 90 valence electrons. The molecule has 0 aliphatic rings. The monoisotopic (exact) mass is 231 g/mol. The molecule has 4 nitrogen and oxygen atoms in total. The van der Waals surface area contributed by atoms with E-state index in [1.807, 2.05) is 12.1 Å². The summed E-state index contributed by atoms with van der Waals surface area (Å²) in [6.45, 7) is 1.12. The summed E-state index contributed by atoms with van der Waals surface area (Å²) in [5.74, 6) is 0.643. The maximum atomic E-state index is 4.72. The van der Waals surface area contributed by atoms with Crippen molar-refractivity contribution in [2.24, 2.45) is 0 Å². The third-order valence-corrected chi connectivity index (χ3v) is 2.64. The molecule has 1 aromatic heterocycles. The summed E-state index contributed by atoms with van der Waals surface area (Å²) in [6, 6.07) is 8.33. The Labute approximate surface area is 101 Å². The molecule has 0 unspecified atom stereocenters. The molecule has 2 rings (SSSR count). The number of benzene rings is 1. The third kappa shape index (κ3) is 3.39. The highest BCUT2D eigenvalue weighted by Crippen LogP contribution is 2.15. The van der Waals surface area contributed by atoms with Gasteiger partial charge in [-0.15, -0.1) is 0 Å². The topological polar surface area (TPSA) is 42.2 Å². The molecule has 2 aromatic rings. The molecule has 0 N–H and O–H groups in total. The van der Waals surface area contributed by atoms with E-state index in [4.69, 9.17) is 4.52 Å². The van der Waals surface area contributed by atoms with E-state index in [1.54, 1.807) is 0 Å². The van der Waals surface area contributed by atoms with Crippen molar-refractivity contribution in [2.45, 2.75) is 12.8 Å². The van der Waals surface area contributed by atoms with Gasteiger partial charge in [-0.1, -0.05) is 29.4 Å². The lowest BCUT2D eigenvalue weighted by atomic mass is 10.1. The second-order valence-corrected chi connectivity index (χ2v) is 4.36. The van der Waals surface area contributed by atoms with Crippen molar-refractivity contribution in [3.05, 3.63) is 36.2 Å². The molecule has 0 radical (unpaired) electrons. The quantitative estimate of drug-likeness (QED) is 0.791. The number of hydrogen-bond donors (Lipinski definition) is 0. The summed E-state index contributed by atoms with van der Waals surface area (Å²) >= 11 is 0. The lowest BCUT2D eigenvalue weighted by Gasteiger charge is -2.08. The highest BCUT2D eigenvalue weighted by atomic mass is 16.5. The number of rotatable bonds is 5. The Balaban J connectivity index is 1.94. The second-order valence-electron chi connectivity index (χ2n) is 4.36. The molecule has 4 heteroatoms. The standard InChI is InChI=1S/C13H17N3O/c1-16(2)9-3-4-11-5-7-12(8-6-11)13-14-10-17-15-13/h5-8,10H,3-4,9H2,1-2H3. The van der Waals surface area contributed by atoms with Crippen LogP contribution < -0.4 is 0 Å². The molecule has 0 amide bonds. The Hall–Kier alpha value is -1.68. The van der Waals surface area contributed by atoms with Gasteiger partial charge in [-0.05, 0) is 39.0 Å². The van der Waals surface area contributed by atoms with Crippen LogP contribution >= 0.6 is 0 Å². The predicted octanol–water partition coefficient (Wildman–Crippen LogP) is 2.23. The zero-order valence-corrected chi connectivity index (χ0v) is 10.3. The number of aryl methyl sites for hydroxylation is 1. The van der Waals surface area contributed by atoms with Gasteiger partial charge in [0.2, 0.25) is 12.2 Å².